The van der Waals surface area contributed by atoms with Crippen molar-refractivity contribution in [1.29, 1.82) is 0 Å². The molecule has 70 valence electrons. The van der Waals surface area contributed by atoms with Gasteiger partial charge >= 0.3 is 6.03 Å². The molecule has 2 amide bonds. The fraction of sp³-hybridized carbons (Fsp3) is 0.143. The quantitative estimate of drug-likeness (QED) is 0.557. The number of amides is 2. The summed E-state index contributed by atoms with van der Waals surface area (Å²) in [6.45, 7) is 0. The Balaban J connectivity index is 2.53. The Hall–Kier alpha value is -1.56. The van der Waals surface area contributed by atoms with E-state index in [1.54, 1.807) is 7.11 Å². The Morgan fingerprint density at radius 3 is 3.08 bits per heavy atom. The van der Waals surface area contributed by atoms with Gasteiger partial charge in [0.15, 0.2) is 5.06 Å². The predicted molar refractivity (Wildman–Crippen MR) is 51.2 cm³/mol. The zero-order chi connectivity index (χ0) is 9.68. The number of carbonyl (C=O) groups excluding carboxylic acids is 1. The van der Waals surface area contributed by atoms with Crippen LogP contribution in [-0.4, -0.2) is 19.4 Å². The van der Waals surface area contributed by atoms with Crippen molar-refractivity contribution >= 4 is 23.6 Å². The number of nitrogens with two attached hydrogens (primary N) is 1. The fourth-order valence-electron chi connectivity index (χ4n) is 0.673. The number of urea groups is 1. The largest absolute Gasteiger partial charge is 0.487 e. The van der Waals surface area contributed by atoms with Crippen molar-refractivity contribution in [2.24, 2.45) is 10.8 Å². The maximum absolute atomic E-state index is 10.2. The lowest BCUT2D eigenvalue weighted by molar-refractivity contribution is 0.249. The zero-order valence-electron chi connectivity index (χ0n) is 6.98. The molecule has 1 aromatic rings. The maximum atomic E-state index is 10.2. The van der Waals surface area contributed by atoms with Crippen LogP contribution in [0.25, 0.3) is 0 Å². The van der Waals surface area contributed by atoms with E-state index in [4.69, 9.17) is 10.5 Å². The molecule has 6 heteroatoms. The highest BCUT2D eigenvalue weighted by Crippen LogP contribution is 2.21. The van der Waals surface area contributed by atoms with Gasteiger partial charge in [0.2, 0.25) is 0 Å². The van der Waals surface area contributed by atoms with Gasteiger partial charge in [0, 0.05) is 0 Å². The van der Waals surface area contributed by atoms with Crippen LogP contribution in [0.1, 0.15) is 4.88 Å². The lowest BCUT2D eigenvalue weighted by Crippen LogP contribution is -2.24. The summed E-state index contributed by atoms with van der Waals surface area (Å²) >= 11 is 1.42. The van der Waals surface area contributed by atoms with Crippen molar-refractivity contribution in [3.63, 3.8) is 0 Å². The first-order chi connectivity index (χ1) is 6.22. The van der Waals surface area contributed by atoms with Crippen LogP contribution in [0, 0.1) is 0 Å². The van der Waals surface area contributed by atoms with E-state index in [9.17, 15) is 4.79 Å². The predicted octanol–water partition coefficient (Wildman–Crippen LogP) is 0.759. The Labute approximate surface area is 79.2 Å². The second kappa shape index (κ2) is 4.46. The molecule has 0 aliphatic heterocycles. The molecule has 1 heterocycles. The van der Waals surface area contributed by atoms with Crippen LogP contribution < -0.4 is 15.9 Å². The molecule has 3 N–H and O–H groups in total. The van der Waals surface area contributed by atoms with Crippen molar-refractivity contribution in [1.82, 2.24) is 5.43 Å². The average Bonchev–Trinajstić information content (AvgIpc) is 2.52. The monoisotopic (exact) mass is 199 g/mol. The first-order valence-corrected chi connectivity index (χ1v) is 4.26. The number of nitrogens with one attached hydrogen (secondary N) is 1. The van der Waals surface area contributed by atoms with Crippen LogP contribution in [-0.2, 0) is 0 Å². The van der Waals surface area contributed by atoms with Crippen molar-refractivity contribution in [2.75, 3.05) is 7.11 Å². The third kappa shape index (κ3) is 3.12. The molecule has 13 heavy (non-hydrogen) atoms. The molecule has 1 aromatic heterocycles. The molecule has 0 unspecified atom stereocenters. The van der Waals surface area contributed by atoms with Gasteiger partial charge in [-0.2, -0.15) is 5.10 Å². The van der Waals surface area contributed by atoms with E-state index in [1.165, 1.54) is 17.6 Å². The Kier molecular flexibility index (Phi) is 3.27. The number of nitrogens with zero attached hydrogens (tertiary/aromatic N) is 1. The molecule has 0 aliphatic rings. The Morgan fingerprint density at radius 1 is 1.77 bits per heavy atom. The second-order valence-corrected chi connectivity index (χ2v) is 3.17. The highest BCUT2D eigenvalue weighted by molar-refractivity contribution is 7.15. The highest BCUT2D eigenvalue weighted by Gasteiger charge is 1.95. The van der Waals surface area contributed by atoms with Gasteiger partial charge in [-0.1, -0.05) is 11.3 Å². The van der Waals surface area contributed by atoms with Crippen LogP contribution in [0.3, 0.4) is 0 Å². The van der Waals surface area contributed by atoms with Gasteiger partial charge in [-0.25, -0.2) is 10.2 Å². The zero-order valence-corrected chi connectivity index (χ0v) is 7.80. The molecule has 0 aromatic carbocycles. The minimum atomic E-state index is -0.681. The number of ether oxygens (including phenoxy) is 1. The molecule has 0 spiro atoms. The summed E-state index contributed by atoms with van der Waals surface area (Å²) in [5.74, 6) is 0. The molecule has 1 rings (SSSR count). The van der Waals surface area contributed by atoms with Crippen LogP contribution in [0.4, 0.5) is 4.79 Å². The van der Waals surface area contributed by atoms with Crippen LogP contribution in [0.2, 0.25) is 0 Å². The summed E-state index contributed by atoms with van der Waals surface area (Å²) in [5, 5.41) is 4.39. The molecule has 5 nitrogen and oxygen atoms in total. The third-order valence-electron chi connectivity index (χ3n) is 1.17. The SMILES string of the molecule is COc1ccc(/C=N/NC(N)=O)s1. The van der Waals surface area contributed by atoms with Gasteiger partial charge in [-0.15, -0.1) is 0 Å². The van der Waals surface area contributed by atoms with Crippen LogP contribution in [0.15, 0.2) is 17.2 Å². The van der Waals surface area contributed by atoms with Crippen molar-refractivity contribution in [3.8, 4) is 5.06 Å². The van der Waals surface area contributed by atoms with Gasteiger partial charge in [0.05, 0.1) is 18.2 Å². The number of hydrogen-bond donors (Lipinski definition) is 2. The number of methoxy groups -OCH3 is 1. The summed E-state index contributed by atoms with van der Waals surface area (Å²) in [6, 6.07) is 2.96. The minimum Gasteiger partial charge on any atom is -0.487 e. The molecule has 0 saturated carbocycles. The van der Waals surface area contributed by atoms with Crippen LogP contribution in [0.5, 0.6) is 5.06 Å². The minimum absolute atomic E-state index is 0.681. The summed E-state index contributed by atoms with van der Waals surface area (Å²) in [7, 11) is 1.59. The van der Waals surface area contributed by atoms with E-state index in [2.05, 4.69) is 10.5 Å². The molecule has 0 atom stereocenters. The molecule has 0 bridgehead atoms. The topological polar surface area (TPSA) is 76.7 Å². The van der Waals surface area contributed by atoms with E-state index >= 15 is 0 Å². The summed E-state index contributed by atoms with van der Waals surface area (Å²) < 4.78 is 4.97. The lowest BCUT2D eigenvalue weighted by atomic mass is 10.5. The number of thiophene rings is 1. The summed E-state index contributed by atoms with van der Waals surface area (Å²) in [4.78, 5) is 11.1. The van der Waals surface area contributed by atoms with E-state index in [-0.39, 0.29) is 0 Å². The molecular weight excluding hydrogens is 190 g/mol. The fourth-order valence-corrected chi connectivity index (χ4v) is 1.37. The van der Waals surface area contributed by atoms with Gasteiger partial charge in [-0.05, 0) is 12.1 Å². The second-order valence-electron chi connectivity index (χ2n) is 2.10. The normalized spacial score (nSPS) is 10.2. The average molecular weight is 199 g/mol. The summed E-state index contributed by atoms with van der Waals surface area (Å²) in [5.41, 5.74) is 6.90. The molecule has 0 fully saturated rings. The van der Waals surface area contributed by atoms with Crippen molar-refractivity contribution in [3.05, 3.63) is 17.0 Å². The third-order valence-corrected chi connectivity index (χ3v) is 2.15. The van der Waals surface area contributed by atoms with Gasteiger partial charge in [-0.3, -0.25) is 0 Å². The standard InChI is InChI=1S/C7H9N3O2S/c1-12-6-3-2-5(13-6)4-9-10-7(8)11/h2-4H,1H3,(H3,8,10,11)/b9-4+. The number of hydrogen-bond acceptors (Lipinski definition) is 4. The van der Waals surface area contributed by atoms with Crippen LogP contribution >= 0.6 is 11.3 Å². The first kappa shape index (κ1) is 9.53. The number of rotatable bonds is 3. The highest BCUT2D eigenvalue weighted by atomic mass is 32.1. The van der Waals surface area contributed by atoms with Crippen molar-refractivity contribution < 1.29 is 9.53 Å². The number of hydrazone groups is 1. The molecular formula is C7H9N3O2S. The van der Waals surface area contributed by atoms with E-state index in [0.29, 0.717) is 0 Å². The first-order valence-electron chi connectivity index (χ1n) is 3.44. The Bertz CT molecular complexity index is 321. The molecule has 0 radical (unpaired) electrons. The van der Waals surface area contributed by atoms with E-state index < -0.39 is 6.03 Å². The maximum Gasteiger partial charge on any atom is 0.332 e. The number of primary amides is 1. The van der Waals surface area contributed by atoms with Gasteiger partial charge in [0.1, 0.15) is 0 Å². The molecule has 0 saturated heterocycles. The lowest BCUT2D eigenvalue weighted by Gasteiger charge is -1.89. The molecule has 0 aliphatic carbocycles. The Morgan fingerprint density at radius 2 is 2.54 bits per heavy atom. The number of carbonyl (C=O) groups is 1. The van der Waals surface area contributed by atoms with Gasteiger partial charge in [0.25, 0.3) is 0 Å². The van der Waals surface area contributed by atoms with E-state index in [0.717, 1.165) is 9.94 Å². The van der Waals surface area contributed by atoms with Gasteiger partial charge < -0.3 is 10.5 Å². The van der Waals surface area contributed by atoms with E-state index in [1.807, 2.05) is 12.1 Å². The summed E-state index contributed by atoms with van der Waals surface area (Å²) in [6.07, 6.45) is 1.50. The smallest absolute Gasteiger partial charge is 0.332 e. The van der Waals surface area contributed by atoms with Crippen molar-refractivity contribution in [2.45, 2.75) is 0 Å².